The first-order valence-corrected chi connectivity index (χ1v) is 2.12. The van der Waals surface area contributed by atoms with Crippen molar-refractivity contribution in [2.24, 2.45) is 22.2 Å². The fraction of sp³-hybridized carbons (Fsp3) is 0.250. The smallest absolute Gasteiger partial charge is 0.143 e. The first-order chi connectivity index (χ1) is 3.72. The Balaban J connectivity index is 4.04. The standard InChI is InChI=1S/C4H10N4/c1-8-4(7)3(6)2-5/h2H,5-6H2,1H3,(H2,7,8)/b3-2+. The number of hydrogen-bond acceptors (Lipinski definition) is 3. The lowest BCUT2D eigenvalue weighted by Crippen LogP contribution is -2.21. The molecule has 6 N–H and O–H groups in total. The molecule has 4 heteroatoms. The van der Waals surface area contributed by atoms with Crippen LogP contribution in [0.15, 0.2) is 16.9 Å². The highest BCUT2D eigenvalue weighted by Crippen LogP contribution is 1.76. The van der Waals surface area contributed by atoms with E-state index in [1.54, 1.807) is 7.05 Å². The minimum Gasteiger partial charge on any atom is -0.403 e. The average molecular weight is 114 g/mol. The number of nitrogens with zero attached hydrogens (tertiary/aromatic N) is 1. The summed E-state index contributed by atoms with van der Waals surface area (Å²) in [5, 5.41) is 0. The second-order valence-electron chi connectivity index (χ2n) is 1.23. The van der Waals surface area contributed by atoms with E-state index in [1.807, 2.05) is 0 Å². The third-order valence-corrected chi connectivity index (χ3v) is 0.716. The van der Waals surface area contributed by atoms with E-state index in [-0.39, 0.29) is 5.84 Å². The number of amidine groups is 1. The molecule has 0 unspecified atom stereocenters. The predicted molar refractivity (Wildman–Crippen MR) is 34.0 cm³/mol. The Hall–Kier alpha value is -1.19. The molecule has 0 aromatic heterocycles. The van der Waals surface area contributed by atoms with E-state index in [4.69, 9.17) is 17.2 Å². The summed E-state index contributed by atoms with van der Waals surface area (Å²) >= 11 is 0. The van der Waals surface area contributed by atoms with Crippen LogP contribution in [0, 0.1) is 0 Å². The number of aliphatic imine (C=N–C) groups is 1. The lowest BCUT2D eigenvalue weighted by molar-refractivity contribution is 1.32. The van der Waals surface area contributed by atoms with Crippen LogP contribution < -0.4 is 17.2 Å². The first kappa shape index (κ1) is 6.81. The molecule has 0 amide bonds. The minimum absolute atomic E-state index is 0.271. The van der Waals surface area contributed by atoms with Crippen LogP contribution in [0.4, 0.5) is 0 Å². The van der Waals surface area contributed by atoms with Crippen LogP contribution in [-0.4, -0.2) is 12.9 Å². The van der Waals surface area contributed by atoms with Crippen LogP contribution in [0.5, 0.6) is 0 Å². The van der Waals surface area contributed by atoms with Crippen molar-refractivity contribution in [3.63, 3.8) is 0 Å². The van der Waals surface area contributed by atoms with Gasteiger partial charge in [0, 0.05) is 13.2 Å². The van der Waals surface area contributed by atoms with Gasteiger partial charge in [-0.25, -0.2) is 0 Å². The molecule has 0 bridgehead atoms. The topological polar surface area (TPSA) is 90.4 Å². The summed E-state index contributed by atoms with van der Waals surface area (Å²) in [5.41, 5.74) is 15.7. The van der Waals surface area contributed by atoms with Gasteiger partial charge in [-0.05, 0) is 0 Å². The van der Waals surface area contributed by atoms with Gasteiger partial charge in [0.15, 0.2) is 0 Å². The second kappa shape index (κ2) is 2.90. The van der Waals surface area contributed by atoms with Gasteiger partial charge in [-0.15, -0.1) is 0 Å². The molecule has 0 radical (unpaired) electrons. The molecule has 0 aromatic carbocycles. The maximum absolute atomic E-state index is 5.21. The first-order valence-electron chi connectivity index (χ1n) is 2.12. The molecule has 0 rings (SSSR count). The monoisotopic (exact) mass is 114 g/mol. The van der Waals surface area contributed by atoms with E-state index in [0.29, 0.717) is 5.70 Å². The van der Waals surface area contributed by atoms with Gasteiger partial charge in [0.05, 0.1) is 5.70 Å². The molecule has 0 heterocycles. The number of hydrogen-bond donors (Lipinski definition) is 3. The SMILES string of the molecule is C/N=C(N)\C(N)=C/N. The van der Waals surface area contributed by atoms with E-state index < -0.39 is 0 Å². The Morgan fingerprint density at radius 3 is 2.12 bits per heavy atom. The lowest BCUT2D eigenvalue weighted by Gasteiger charge is -1.94. The van der Waals surface area contributed by atoms with E-state index in [0.717, 1.165) is 0 Å². The molecule has 0 aliphatic heterocycles. The molecular formula is C4H10N4. The summed E-state index contributed by atoms with van der Waals surface area (Å²) < 4.78 is 0. The summed E-state index contributed by atoms with van der Waals surface area (Å²) in [4.78, 5) is 3.58. The van der Waals surface area contributed by atoms with E-state index in [9.17, 15) is 0 Å². The summed E-state index contributed by atoms with van der Waals surface area (Å²) in [6.07, 6.45) is 1.21. The van der Waals surface area contributed by atoms with Gasteiger partial charge in [-0.2, -0.15) is 0 Å². The number of nitrogens with two attached hydrogens (primary N) is 3. The van der Waals surface area contributed by atoms with Crippen LogP contribution >= 0.6 is 0 Å². The fourth-order valence-corrected chi connectivity index (χ4v) is 0.214. The number of rotatable bonds is 1. The maximum atomic E-state index is 5.21. The zero-order valence-electron chi connectivity index (χ0n) is 4.76. The summed E-state index contributed by atoms with van der Waals surface area (Å²) in [5.74, 6) is 0.271. The van der Waals surface area contributed by atoms with Crippen molar-refractivity contribution in [3.05, 3.63) is 11.9 Å². The molecule has 4 nitrogen and oxygen atoms in total. The minimum atomic E-state index is 0.271. The van der Waals surface area contributed by atoms with Crippen molar-refractivity contribution in [1.82, 2.24) is 0 Å². The van der Waals surface area contributed by atoms with Gasteiger partial charge in [0.2, 0.25) is 0 Å². The Kier molecular flexibility index (Phi) is 2.47. The Labute approximate surface area is 48.1 Å². The van der Waals surface area contributed by atoms with Crippen molar-refractivity contribution in [2.45, 2.75) is 0 Å². The summed E-state index contributed by atoms with van der Waals surface area (Å²) in [7, 11) is 1.55. The molecule has 8 heavy (non-hydrogen) atoms. The zero-order chi connectivity index (χ0) is 6.57. The largest absolute Gasteiger partial charge is 0.403 e. The van der Waals surface area contributed by atoms with Gasteiger partial charge in [0.25, 0.3) is 0 Å². The van der Waals surface area contributed by atoms with Crippen LogP contribution in [-0.2, 0) is 0 Å². The van der Waals surface area contributed by atoms with Crippen LogP contribution in [0.1, 0.15) is 0 Å². The van der Waals surface area contributed by atoms with Crippen LogP contribution in [0.3, 0.4) is 0 Å². The molecule has 46 valence electrons. The maximum Gasteiger partial charge on any atom is 0.143 e. The highest BCUT2D eigenvalue weighted by Gasteiger charge is 1.89. The van der Waals surface area contributed by atoms with Crippen LogP contribution in [0.2, 0.25) is 0 Å². The molecule has 0 saturated heterocycles. The summed E-state index contributed by atoms with van der Waals surface area (Å²) in [6, 6.07) is 0. The van der Waals surface area contributed by atoms with Crippen molar-refractivity contribution in [1.29, 1.82) is 0 Å². The third kappa shape index (κ3) is 1.51. The highest BCUT2D eigenvalue weighted by molar-refractivity contribution is 5.95. The highest BCUT2D eigenvalue weighted by atomic mass is 14.9. The predicted octanol–water partition coefficient (Wildman–Crippen LogP) is -1.27. The molecule has 0 fully saturated rings. The quantitative estimate of drug-likeness (QED) is 0.293. The van der Waals surface area contributed by atoms with Crippen molar-refractivity contribution < 1.29 is 0 Å². The molecule has 0 atom stereocenters. The van der Waals surface area contributed by atoms with E-state index in [2.05, 4.69) is 4.99 Å². The van der Waals surface area contributed by atoms with E-state index in [1.165, 1.54) is 6.20 Å². The molecule has 0 saturated carbocycles. The van der Waals surface area contributed by atoms with Gasteiger partial charge in [-0.1, -0.05) is 0 Å². The van der Waals surface area contributed by atoms with E-state index >= 15 is 0 Å². The lowest BCUT2D eigenvalue weighted by atomic mass is 10.4. The van der Waals surface area contributed by atoms with Crippen molar-refractivity contribution in [3.8, 4) is 0 Å². The van der Waals surface area contributed by atoms with Crippen LogP contribution in [0.25, 0.3) is 0 Å². The molecule has 0 aromatic rings. The zero-order valence-corrected chi connectivity index (χ0v) is 4.76. The van der Waals surface area contributed by atoms with Gasteiger partial charge < -0.3 is 17.2 Å². The Morgan fingerprint density at radius 2 is 2.00 bits per heavy atom. The van der Waals surface area contributed by atoms with Gasteiger partial charge in [0.1, 0.15) is 5.84 Å². The van der Waals surface area contributed by atoms with Gasteiger partial charge in [-0.3, -0.25) is 4.99 Å². The summed E-state index contributed by atoms with van der Waals surface area (Å²) in [6.45, 7) is 0. The molecule has 0 spiro atoms. The third-order valence-electron chi connectivity index (χ3n) is 0.716. The second-order valence-corrected chi connectivity index (χ2v) is 1.23. The average Bonchev–Trinajstić information content (AvgIpc) is 1.84. The normalized spacial score (nSPS) is 14.1. The molecule has 0 aliphatic carbocycles. The van der Waals surface area contributed by atoms with Crippen molar-refractivity contribution >= 4 is 5.84 Å². The molecular weight excluding hydrogens is 104 g/mol. The Bertz CT molecular complexity index is 108. The van der Waals surface area contributed by atoms with Crippen molar-refractivity contribution in [2.75, 3.05) is 7.05 Å². The Morgan fingerprint density at radius 1 is 1.50 bits per heavy atom. The molecule has 0 aliphatic rings. The van der Waals surface area contributed by atoms with Gasteiger partial charge >= 0.3 is 0 Å². The fourth-order valence-electron chi connectivity index (χ4n) is 0.214.